The number of hydrogen-bond acceptors (Lipinski definition) is 3. The molecule has 0 radical (unpaired) electrons. The molecule has 3 rings (SSSR count). The molecule has 2 unspecified atom stereocenters. The van der Waals surface area contributed by atoms with Crippen LogP contribution < -0.4 is 0 Å². The lowest BCUT2D eigenvalue weighted by molar-refractivity contribution is 0.0174. The predicted molar refractivity (Wildman–Crippen MR) is 154 cm³/mol. The van der Waals surface area contributed by atoms with Gasteiger partial charge in [-0.2, -0.15) is 0 Å². The summed E-state index contributed by atoms with van der Waals surface area (Å²) < 4.78 is 35.5. The van der Waals surface area contributed by atoms with Crippen molar-refractivity contribution in [3.05, 3.63) is 61.5 Å². The van der Waals surface area contributed by atoms with Crippen molar-refractivity contribution in [1.29, 1.82) is 0 Å². The first kappa shape index (κ1) is 29.6. The average molecular weight is 630 g/mol. The third kappa shape index (κ3) is 6.05. The third-order valence-electron chi connectivity index (χ3n) is 7.82. The number of aromatic nitrogens is 1. The summed E-state index contributed by atoms with van der Waals surface area (Å²) >= 11 is 2.36. The number of nitrogens with zero attached hydrogens (tertiary/aromatic N) is 1. The molecule has 0 fully saturated rings. The van der Waals surface area contributed by atoms with Gasteiger partial charge < -0.3 is 9.53 Å². The molecule has 0 spiro atoms. The van der Waals surface area contributed by atoms with Gasteiger partial charge in [-0.25, -0.2) is 8.78 Å². The lowest BCUT2D eigenvalue weighted by Crippen LogP contribution is -2.44. The van der Waals surface area contributed by atoms with E-state index in [1.807, 2.05) is 0 Å². The number of aliphatic hydroxyl groups excluding tert-OH is 1. The molecular weight excluding hydrogens is 587 g/mol. The zero-order chi connectivity index (χ0) is 27.4. The van der Waals surface area contributed by atoms with Gasteiger partial charge in [0.2, 0.25) is 0 Å². The van der Waals surface area contributed by atoms with E-state index in [1.165, 1.54) is 12.1 Å². The molecule has 1 aromatic heterocycles. The molecule has 0 saturated carbocycles. The Labute approximate surface area is 230 Å². The van der Waals surface area contributed by atoms with Crippen molar-refractivity contribution >= 4 is 30.9 Å². The maximum absolute atomic E-state index is 13.8. The second-order valence-corrected chi connectivity index (χ2v) is 18.9. The molecule has 7 heteroatoms. The Bertz CT molecular complexity index is 1100. The van der Waals surface area contributed by atoms with Crippen molar-refractivity contribution in [2.75, 3.05) is 0 Å². The topological polar surface area (TPSA) is 42.4 Å². The summed E-state index contributed by atoms with van der Waals surface area (Å²) in [7, 11) is -2.08. The van der Waals surface area contributed by atoms with Crippen LogP contribution in [0.15, 0.2) is 24.3 Å². The summed E-state index contributed by atoms with van der Waals surface area (Å²) in [5, 5.41) is 11.7. The highest BCUT2D eigenvalue weighted by Gasteiger charge is 2.44. The summed E-state index contributed by atoms with van der Waals surface area (Å²) in [6.07, 6.45) is 0.681. The Morgan fingerprint density at radius 1 is 1.11 bits per heavy atom. The fourth-order valence-corrected chi connectivity index (χ4v) is 7.20. The fourth-order valence-electron chi connectivity index (χ4n) is 4.70. The lowest BCUT2D eigenvalue weighted by atomic mass is 9.74. The van der Waals surface area contributed by atoms with Gasteiger partial charge in [0, 0.05) is 32.9 Å². The van der Waals surface area contributed by atoms with Gasteiger partial charge >= 0.3 is 0 Å². The van der Waals surface area contributed by atoms with Gasteiger partial charge in [-0.3, -0.25) is 4.98 Å². The number of aliphatic hydroxyl groups is 1. The first-order valence-electron chi connectivity index (χ1n) is 12.8. The molecule has 0 aliphatic heterocycles. The van der Waals surface area contributed by atoms with Crippen LogP contribution in [0.5, 0.6) is 0 Å². The number of alkyl halides is 2. The van der Waals surface area contributed by atoms with Gasteiger partial charge in [0.25, 0.3) is 5.92 Å². The SMILES string of the molecule is CC(C)c1nc2c(c(I)c1C(O)c1ccc(C(C)(F)F)cc1)C(O[Si](C)(C)C(C)(C)C)CC(C)(C)C2. The number of benzene rings is 1. The number of hydrogen-bond donors (Lipinski definition) is 1. The first-order valence-corrected chi connectivity index (χ1v) is 16.8. The standard InChI is InChI=1S/C29H42F2INO2Si/c1-17(2)25-23(26(34)18-11-13-19(14-12-18)29(8,30)31)24(32)22-20(33-25)15-28(6,7)16-21(22)35-36(9,10)27(3,4)5/h11-14,17,21,26,34H,15-16H2,1-10H3. The quantitative estimate of drug-likeness (QED) is 0.256. The average Bonchev–Trinajstić information content (AvgIpc) is 2.70. The van der Waals surface area contributed by atoms with Gasteiger partial charge in [-0.05, 0) is 70.5 Å². The molecular formula is C29H42F2INO2Si. The summed E-state index contributed by atoms with van der Waals surface area (Å²) in [5.74, 6) is -2.83. The van der Waals surface area contributed by atoms with Crippen LogP contribution in [0.25, 0.3) is 0 Å². The molecule has 3 nitrogen and oxygen atoms in total. The van der Waals surface area contributed by atoms with E-state index >= 15 is 0 Å². The number of fused-ring (bicyclic) bond motifs is 1. The molecule has 1 aliphatic carbocycles. The van der Waals surface area contributed by atoms with Crippen LogP contribution in [0.3, 0.4) is 0 Å². The Balaban J connectivity index is 2.18. The molecule has 1 aromatic carbocycles. The minimum absolute atomic E-state index is 0.0473. The molecule has 36 heavy (non-hydrogen) atoms. The smallest absolute Gasteiger partial charge is 0.270 e. The van der Waals surface area contributed by atoms with Crippen molar-refractivity contribution < 1.29 is 18.3 Å². The van der Waals surface area contributed by atoms with E-state index in [2.05, 4.69) is 84.2 Å². The zero-order valence-electron chi connectivity index (χ0n) is 23.4. The predicted octanol–water partition coefficient (Wildman–Crippen LogP) is 9.04. The Morgan fingerprint density at radius 3 is 2.14 bits per heavy atom. The van der Waals surface area contributed by atoms with Crippen molar-refractivity contribution in [2.45, 2.75) is 110 Å². The maximum atomic E-state index is 13.8. The third-order valence-corrected chi connectivity index (χ3v) is 13.5. The van der Waals surface area contributed by atoms with Gasteiger partial charge in [0.05, 0.1) is 11.8 Å². The molecule has 1 heterocycles. The van der Waals surface area contributed by atoms with Crippen molar-refractivity contribution in [2.24, 2.45) is 5.41 Å². The summed E-state index contributed by atoms with van der Waals surface area (Å²) in [4.78, 5) is 5.17. The lowest BCUT2D eigenvalue weighted by Gasteiger charge is -2.44. The molecule has 200 valence electrons. The molecule has 0 saturated heterocycles. The summed E-state index contributed by atoms with van der Waals surface area (Å²) in [5.41, 5.74) is 4.35. The number of halogens is 3. The zero-order valence-corrected chi connectivity index (χ0v) is 26.5. The van der Waals surface area contributed by atoms with Gasteiger partial charge in [-0.1, -0.05) is 72.7 Å². The number of rotatable bonds is 6. The van der Waals surface area contributed by atoms with Crippen molar-refractivity contribution in [1.82, 2.24) is 4.98 Å². The van der Waals surface area contributed by atoms with Crippen LogP contribution in [0, 0.1) is 8.99 Å². The monoisotopic (exact) mass is 629 g/mol. The van der Waals surface area contributed by atoms with Gasteiger partial charge in [0.1, 0.15) is 6.10 Å². The normalized spacial score (nSPS) is 19.4. The van der Waals surface area contributed by atoms with Crippen LogP contribution in [-0.2, 0) is 16.8 Å². The number of pyridine rings is 1. The largest absolute Gasteiger partial charge is 0.410 e. The van der Waals surface area contributed by atoms with E-state index in [9.17, 15) is 13.9 Å². The van der Waals surface area contributed by atoms with Crippen molar-refractivity contribution in [3.63, 3.8) is 0 Å². The minimum Gasteiger partial charge on any atom is -0.410 e. The van der Waals surface area contributed by atoms with Crippen LogP contribution in [0.1, 0.15) is 114 Å². The first-order chi connectivity index (χ1) is 16.2. The minimum atomic E-state index is -2.92. The van der Waals surface area contributed by atoms with Crippen LogP contribution >= 0.6 is 22.6 Å². The van der Waals surface area contributed by atoms with Crippen LogP contribution in [-0.4, -0.2) is 18.4 Å². The Kier molecular flexibility index (Phi) is 8.24. The van der Waals surface area contributed by atoms with Crippen LogP contribution in [0.2, 0.25) is 18.1 Å². The summed E-state index contributed by atoms with van der Waals surface area (Å²) in [6.45, 7) is 20.9. The molecule has 2 aromatic rings. The second-order valence-electron chi connectivity index (χ2n) is 13.1. The van der Waals surface area contributed by atoms with E-state index in [1.54, 1.807) is 12.1 Å². The van der Waals surface area contributed by atoms with E-state index in [4.69, 9.17) is 9.41 Å². The highest BCUT2D eigenvalue weighted by molar-refractivity contribution is 14.1. The fraction of sp³-hybridized carbons (Fsp3) is 0.621. The van der Waals surface area contributed by atoms with Gasteiger partial charge in [-0.15, -0.1) is 0 Å². The van der Waals surface area contributed by atoms with E-state index < -0.39 is 20.3 Å². The van der Waals surface area contributed by atoms with E-state index in [0.29, 0.717) is 5.56 Å². The molecule has 2 atom stereocenters. The molecule has 1 aliphatic rings. The van der Waals surface area contributed by atoms with Crippen molar-refractivity contribution in [3.8, 4) is 0 Å². The van der Waals surface area contributed by atoms with Gasteiger partial charge in [0.15, 0.2) is 8.32 Å². The molecule has 1 N–H and O–H groups in total. The van der Waals surface area contributed by atoms with E-state index in [-0.39, 0.29) is 28.0 Å². The Hall–Kier alpha value is -0.903. The molecule has 0 bridgehead atoms. The second kappa shape index (κ2) is 10.0. The maximum Gasteiger partial charge on any atom is 0.270 e. The Morgan fingerprint density at radius 2 is 1.67 bits per heavy atom. The summed E-state index contributed by atoms with van der Waals surface area (Å²) in [6, 6.07) is 6.00. The molecule has 0 amide bonds. The highest BCUT2D eigenvalue weighted by atomic mass is 127. The van der Waals surface area contributed by atoms with Crippen LogP contribution in [0.4, 0.5) is 8.78 Å². The van der Waals surface area contributed by atoms with E-state index in [0.717, 1.165) is 45.9 Å². The highest BCUT2D eigenvalue weighted by Crippen LogP contribution is 2.50.